The van der Waals surface area contributed by atoms with Crippen LogP contribution < -0.4 is 10.6 Å². The number of carbonyl (C=O) groups excluding carboxylic acids is 1. The zero-order valence-corrected chi connectivity index (χ0v) is 12.3. The van der Waals surface area contributed by atoms with Gasteiger partial charge in [0.05, 0.1) is 6.54 Å². The predicted molar refractivity (Wildman–Crippen MR) is 82.7 cm³/mol. The molecule has 0 fully saturated rings. The minimum atomic E-state index is -0.127. The van der Waals surface area contributed by atoms with E-state index in [1.54, 1.807) is 24.3 Å². The highest BCUT2D eigenvalue weighted by Crippen LogP contribution is 2.21. The van der Waals surface area contributed by atoms with E-state index in [0.29, 0.717) is 10.7 Å². The molecule has 0 heterocycles. The average Bonchev–Trinajstić information content (AvgIpc) is 2.38. The summed E-state index contributed by atoms with van der Waals surface area (Å²) in [6, 6.07) is 14.7. The highest BCUT2D eigenvalue weighted by molar-refractivity contribution is 9.10. The van der Waals surface area contributed by atoms with E-state index in [9.17, 15) is 4.79 Å². The standard InChI is InChI=1S/C14H12BrClN2O/c15-12-6-1-2-7-13(12)17-9-14(19)18-11-5-3-4-10(16)8-11/h1-8,17H,9H2,(H,18,19). The van der Waals surface area contributed by atoms with Gasteiger partial charge in [-0.25, -0.2) is 0 Å². The molecule has 0 aliphatic rings. The number of halogens is 2. The van der Waals surface area contributed by atoms with E-state index >= 15 is 0 Å². The number of anilines is 2. The van der Waals surface area contributed by atoms with Crippen molar-refractivity contribution < 1.29 is 4.79 Å². The summed E-state index contributed by atoms with van der Waals surface area (Å²) in [5.41, 5.74) is 1.56. The maximum absolute atomic E-state index is 11.8. The lowest BCUT2D eigenvalue weighted by Gasteiger charge is -2.09. The Morgan fingerprint density at radius 1 is 1.16 bits per heavy atom. The third kappa shape index (κ3) is 4.26. The molecule has 0 saturated heterocycles. The maximum atomic E-state index is 11.8. The first-order valence-corrected chi connectivity index (χ1v) is 6.86. The van der Waals surface area contributed by atoms with Crippen molar-refractivity contribution >= 4 is 44.8 Å². The van der Waals surface area contributed by atoms with Crippen LogP contribution in [0.2, 0.25) is 5.02 Å². The lowest BCUT2D eigenvalue weighted by molar-refractivity contribution is -0.114. The van der Waals surface area contributed by atoms with Crippen LogP contribution in [-0.2, 0) is 4.79 Å². The molecule has 0 unspecified atom stereocenters. The molecule has 0 spiro atoms. The molecule has 0 saturated carbocycles. The fraction of sp³-hybridized carbons (Fsp3) is 0.0714. The second-order valence-electron chi connectivity index (χ2n) is 3.89. The predicted octanol–water partition coefficient (Wildman–Crippen LogP) is 4.15. The smallest absolute Gasteiger partial charge is 0.243 e. The van der Waals surface area contributed by atoms with E-state index < -0.39 is 0 Å². The fourth-order valence-electron chi connectivity index (χ4n) is 1.55. The van der Waals surface area contributed by atoms with Crippen LogP contribution in [0.15, 0.2) is 53.0 Å². The molecule has 2 aromatic rings. The lowest BCUT2D eigenvalue weighted by Crippen LogP contribution is -2.21. The summed E-state index contributed by atoms with van der Waals surface area (Å²) in [6.45, 7) is 0.190. The summed E-state index contributed by atoms with van der Waals surface area (Å²) in [4.78, 5) is 11.8. The highest BCUT2D eigenvalue weighted by Gasteiger charge is 2.04. The van der Waals surface area contributed by atoms with Crippen LogP contribution in [0.3, 0.4) is 0 Å². The van der Waals surface area contributed by atoms with Crippen molar-refractivity contribution in [3.05, 3.63) is 58.0 Å². The van der Waals surface area contributed by atoms with E-state index in [2.05, 4.69) is 26.6 Å². The Balaban J connectivity index is 1.90. The molecule has 0 bridgehead atoms. The molecule has 0 radical (unpaired) electrons. The number of para-hydroxylation sites is 1. The number of hydrogen-bond donors (Lipinski definition) is 2. The molecule has 2 N–H and O–H groups in total. The van der Waals surface area contributed by atoms with Gasteiger partial charge in [0.1, 0.15) is 0 Å². The van der Waals surface area contributed by atoms with Gasteiger partial charge in [-0.1, -0.05) is 29.8 Å². The van der Waals surface area contributed by atoms with Crippen LogP contribution in [0.4, 0.5) is 11.4 Å². The SMILES string of the molecule is O=C(CNc1ccccc1Br)Nc1cccc(Cl)c1. The monoisotopic (exact) mass is 338 g/mol. The van der Waals surface area contributed by atoms with Crippen LogP contribution in [0, 0.1) is 0 Å². The normalized spacial score (nSPS) is 10.0. The van der Waals surface area contributed by atoms with Crippen LogP contribution in [0.25, 0.3) is 0 Å². The lowest BCUT2D eigenvalue weighted by atomic mass is 10.3. The van der Waals surface area contributed by atoms with E-state index in [-0.39, 0.29) is 12.5 Å². The van der Waals surface area contributed by atoms with Gasteiger partial charge in [0.15, 0.2) is 0 Å². The molecule has 0 aliphatic carbocycles. The van der Waals surface area contributed by atoms with Crippen LogP contribution >= 0.6 is 27.5 Å². The average molecular weight is 340 g/mol. The number of benzene rings is 2. The van der Waals surface area contributed by atoms with Crippen molar-refractivity contribution in [3.8, 4) is 0 Å². The Bertz CT molecular complexity index is 589. The molecule has 0 aliphatic heterocycles. The number of carbonyl (C=O) groups is 1. The Morgan fingerprint density at radius 3 is 2.68 bits per heavy atom. The summed E-state index contributed by atoms with van der Waals surface area (Å²) >= 11 is 9.26. The zero-order chi connectivity index (χ0) is 13.7. The summed E-state index contributed by atoms with van der Waals surface area (Å²) in [5.74, 6) is -0.127. The first kappa shape index (κ1) is 13.9. The molecule has 2 aromatic carbocycles. The fourth-order valence-corrected chi connectivity index (χ4v) is 2.17. The van der Waals surface area contributed by atoms with Crippen LogP contribution in [0.5, 0.6) is 0 Å². The van der Waals surface area contributed by atoms with E-state index in [1.165, 1.54) is 0 Å². The maximum Gasteiger partial charge on any atom is 0.243 e. The minimum absolute atomic E-state index is 0.127. The summed E-state index contributed by atoms with van der Waals surface area (Å²) in [6.07, 6.45) is 0. The van der Waals surface area contributed by atoms with E-state index in [1.807, 2.05) is 24.3 Å². The molecule has 19 heavy (non-hydrogen) atoms. The number of nitrogens with one attached hydrogen (secondary N) is 2. The van der Waals surface area contributed by atoms with Gasteiger partial charge in [-0.15, -0.1) is 0 Å². The molecule has 1 amide bonds. The van der Waals surface area contributed by atoms with Gasteiger partial charge in [-0.3, -0.25) is 4.79 Å². The molecular formula is C14H12BrClN2O. The zero-order valence-electron chi connectivity index (χ0n) is 9.99. The van der Waals surface area contributed by atoms with Gasteiger partial charge in [-0.05, 0) is 46.3 Å². The third-order valence-corrected chi connectivity index (χ3v) is 3.35. The van der Waals surface area contributed by atoms with Crippen molar-refractivity contribution in [1.29, 1.82) is 0 Å². The van der Waals surface area contributed by atoms with Crippen LogP contribution in [0.1, 0.15) is 0 Å². The van der Waals surface area contributed by atoms with Gasteiger partial charge in [0.25, 0.3) is 0 Å². The second-order valence-corrected chi connectivity index (χ2v) is 5.18. The molecule has 0 aromatic heterocycles. The molecule has 3 nitrogen and oxygen atoms in total. The largest absolute Gasteiger partial charge is 0.375 e. The quantitative estimate of drug-likeness (QED) is 0.878. The summed E-state index contributed by atoms with van der Waals surface area (Å²) < 4.78 is 0.922. The third-order valence-electron chi connectivity index (χ3n) is 2.42. The number of rotatable bonds is 4. The molecular weight excluding hydrogens is 328 g/mol. The second kappa shape index (κ2) is 6.59. The van der Waals surface area contributed by atoms with E-state index in [0.717, 1.165) is 10.2 Å². The summed E-state index contributed by atoms with van der Waals surface area (Å²) in [5, 5.41) is 6.42. The minimum Gasteiger partial charge on any atom is -0.375 e. The van der Waals surface area contributed by atoms with E-state index in [4.69, 9.17) is 11.6 Å². The van der Waals surface area contributed by atoms with Crippen molar-refractivity contribution in [2.75, 3.05) is 17.2 Å². The first-order valence-electron chi connectivity index (χ1n) is 5.69. The van der Waals surface area contributed by atoms with Crippen molar-refractivity contribution in [3.63, 3.8) is 0 Å². The van der Waals surface area contributed by atoms with Gasteiger partial charge >= 0.3 is 0 Å². The Labute approximate surface area is 125 Å². The molecule has 0 atom stereocenters. The van der Waals surface area contributed by atoms with Gasteiger partial charge in [0.2, 0.25) is 5.91 Å². The molecule has 5 heteroatoms. The van der Waals surface area contributed by atoms with Gasteiger partial charge < -0.3 is 10.6 Å². The Morgan fingerprint density at radius 2 is 1.95 bits per heavy atom. The van der Waals surface area contributed by atoms with Gasteiger partial charge in [-0.2, -0.15) is 0 Å². The van der Waals surface area contributed by atoms with Gasteiger partial charge in [0, 0.05) is 20.9 Å². The van der Waals surface area contributed by atoms with Crippen molar-refractivity contribution in [1.82, 2.24) is 0 Å². The van der Waals surface area contributed by atoms with Crippen LogP contribution in [-0.4, -0.2) is 12.5 Å². The molecule has 2 rings (SSSR count). The van der Waals surface area contributed by atoms with Crippen molar-refractivity contribution in [2.45, 2.75) is 0 Å². The number of hydrogen-bond acceptors (Lipinski definition) is 2. The Hall–Kier alpha value is -1.52. The highest BCUT2D eigenvalue weighted by atomic mass is 79.9. The topological polar surface area (TPSA) is 41.1 Å². The molecule has 98 valence electrons. The number of amides is 1. The Kier molecular flexibility index (Phi) is 4.82. The van der Waals surface area contributed by atoms with Crippen molar-refractivity contribution in [2.24, 2.45) is 0 Å². The first-order chi connectivity index (χ1) is 9.15. The summed E-state index contributed by atoms with van der Waals surface area (Å²) in [7, 11) is 0.